The standard InChI is InChI=1S/C15H15ClN2O/c1-3-18(12-9-7-11(2)8-10-12)15(19)13-5-4-6-14(16)17-13/h4-10H,3H2,1-2H3. The molecule has 2 aromatic rings. The molecule has 0 aliphatic heterocycles. The number of carbonyl (C=O) groups excluding carboxylic acids is 1. The Bertz CT molecular complexity index is 581. The van der Waals surface area contributed by atoms with Gasteiger partial charge in [-0.15, -0.1) is 0 Å². The first-order chi connectivity index (χ1) is 9.11. The quantitative estimate of drug-likeness (QED) is 0.800. The van der Waals surface area contributed by atoms with Gasteiger partial charge in [0.15, 0.2) is 0 Å². The zero-order valence-electron chi connectivity index (χ0n) is 10.9. The Hall–Kier alpha value is -1.87. The molecule has 2 rings (SSSR count). The second-order valence-corrected chi connectivity index (χ2v) is 4.62. The van der Waals surface area contributed by atoms with Crippen molar-refractivity contribution in [2.45, 2.75) is 13.8 Å². The third kappa shape index (κ3) is 3.12. The maximum Gasteiger partial charge on any atom is 0.276 e. The SMILES string of the molecule is CCN(C(=O)c1cccc(Cl)n1)c1ccc(C)cc1. The molecule has 98 valence electrons. The Labute approximate surface area is 117 Å². The van der Waals surface area contributed by atoms with Crippen LogP contribution in [0.3, 0.4) is 0 Å². The van der Waals surface area contributed by atoms with Crippen molar-refractivity contribution in [3.63, 3.8) is 0 Å². The normalized spacial score (nSPS) is 10.3. The van der Waals surface area contributed by atoms with Gasteiger partial charge in [0, 0.05) is 12.2 Å². The third-order valence-corrected chi connectivity index (χ3v) is 3.05. The highest BCUT2D eigenvalue weighted by atomic mass is 35.5. The van der Waals surface area contributed by atoms with Gasteiger partial charge in [0.05, 0.1) is 0 Å². The molecule has 0 fully saturated rings. The minimum Gasteiger partial charge on any atom is -0.307 e. The largest absolute Gasteiger partial charge is 0.307 e. The van der Waals surface area contributed by atoms with Crippen LogP contribution < -0.4 is 4.90 Å². The molecule has 0 saturated carbocycles. The first-order valence-corrected chi connectivity index (χ1v) is 6.50. The van der Waals surface area contributed by atoms with Gasteiger partial charge in [-0.2, -0.15) is 0 Å². The number of nitrogens with zero attached hydrogens (tertiary/aromatic N) is 2. The number of halogens is 1. The second kappa shape index (κ2) is 5.85. The van der Waals surface area contributed by atoms with Gasteiger partial charge in [-0.25, -0.2) is 4.98 Å². The van der Waals surface area contributed by atoms with Crippen molar-refractivity contribution in [2.75, 3.05) is 11.4 Å². The number of pyridine rings is 1. The van der Waals surface area contributed by atoms with Gasteiger partial charge in [0.25, 0.3) is 5.91 Å². The lowest BCUT2D eigenvalue weighted by Crippen LogP contribution is -2.31. The fourth-order valence-corrected chi connectivity index (χ4v) is 2.00. The fraction of sp³-hybridized carbons (Fsp3) is 0.200. The fourth-order valence-electron chi connectivity index (χ4n) is 1.83. The highest BCUT2D eigenvalue weighted by Crippen LogP contribution is 2.18. The summed E-state index contributed by atoms with van der Waals surface area (Å²) in [5.41, 5.74) is 2.38. The van der Waals surface area contributed by atoms with Crippen LogP contribution in [0.5, 0.6) is 0 Å². The highest BCUT2D eigenvalue weighted by molar-refractivity contribution is 6.29. The minimum atomic E-state index is -0.145. The van der Waals surface area contributed by atoms with Gasteiger partial charge in [-0.3, -0.25) is 4.79 Å². The molecule has 19 heavy (non-hydrogen) atoms. The topological polar surface area (TPSA) is 33.2 Å². The molecule has 1 heterocycles. The van der Waals surface area contributed by atoms with Crippen LogP contribution in [-0.4, -0.2) is 17.4 Å². The molecule has 0 N–H and O–H groups in total. The monoisotopic (exact) mass is 274 g/mol. The van der Waals surface area contributed by atoms with Crippen LogP contribution in [0, 0.1) is 6.92 Å². The number of carbonyl (C=O) groups is 1. The summed E-state index contributed by atoms with van der Waals surface area (Å²) in [7, 11) is 0. The van der Waals surface area contributed by atoms with Crippen molar-refractivity contribution in [1.29, 1.82) is 0 Å². The molecule has 3 nitrogen and oxygen atoms in total. The average Bonchev–Trinajstić information content (AvgIpc) is 2.41. The summed E-state index contributed by atoms with van der Waals surface area (Å²) >= 11 is 5.82. The molecule has 1 aromatic carbocycles. The lowest BCUT2D eigenvalue weighted by molar-refractivity contribution is 0.0983. The summed E-state index contributed by atoms with van der Waals surface area (Å²) in [4.78, 5) is 18.2. The maximum atomic E-state index is 12.4. The zero-order valence-corrected chi connectivity index (χ0v) is 11.7. The molecular formula is C15H15ClN2O. The van der Waals surface area contributed by atoms with Crippen molar-refractivity contribution in [2.24, 2.45) is 0 Å². The van der Waals surface area contributed by atoms with E-state index >= 15 is 0 Å². The van der Waals surface area contributed by atoms with E-state index in [2.05, 4.69) is 4.98 Å². The number of aryl methyl sites for hydroxylation is 1. The maximum absolute atomic E-state index is 12.4. The molecular weight excluding hydrogens is 260 g/mol. The van der Waals surface area contributed by atoms with E-state index in [0.717, 1.165) is 11.3 Å². The summed E-state index contributed by atoms with van der Waals surface area (Å²) in [5.74, 6) is -0.145. The number of anilines is 1. The van der Waals surface area contributed by atoms with E-state index in [-0.39, 0.29) is 5.91 Å². The molecule has 0 saturated heterocycles. The predicted molar refractivity (Wildman–Crippen MR) is 77.8 cm³/mol. The second-order valence-electron chi connectivity index (χ2n) is 4.23. The molecule has 0 bridgehead atoms. The molecule has 1 aromatic heterocycles. The number of benzene rings is 1. The number of rotatable bonds is 3. The van der Waals surface area contributed by atoms with Crippen molar-refractivity contribution in [3.8, 4) is 0 Å². The Balaban J connectivity index is 2.31. The van der Waals surface area contributed by atoms with Gasteiger partial charge in [-0.05, 0) is 38.1 Å². The van der Waals surface area contributed by atoms with Gasteiger partial charge < -0.3 is 4.90 Å². The molecule has 0 radical (unpaired) electrons. The Morgan fingerprint density at radius 3 is 2.47 bits per heavy atom. The van der Waals surface area contributed by atoms with E-state index in [1.165, 1.54) is 0 Å². The molecule has 0 aliphatic carbocycles. The van der Waals surface area contributed by atoms with E-state index in [1.54, 1.807) is 23.1 Å². The van der Waals surface area contributed by atoms with Crippen LogP contribution in [-0.2, 0) is 0 Å². The highest BCUT2D eigenvalue weighted by Gasteiger charge is 2.17. The van der Waals surface area contributed by atoms with E-state index < -0.39 is 0 Å². The van der Waals surface area contributed by atoms with Gasteiger partial charge >= 0.3 is 0 Å². The average molecular weight is 275 g/mol. The summed E-state index contributed by atoms with van der Waals surface area (Å²) in [6, 6.07) is 12.9. The zero-order chi connectivity index (χ0) is 13.8. The van der Waals surface area contributed by atoms with Crippen molar-refractivity contribution in [1.82, 2.24) is 4.98 Å². The molecule has 0 atom stereocenters. The summed E-state index contributed by atoms with van der Waals surface area (Å²) in [6.07, 6.45) is 0. The number of aromatic nitrogens is 1. The number of hydrogen-bond donors (Lipinski definition) is 0. The Morgan fingerprint density at radius 1 is 1.21 bits per heavy atom. The van der Waals surface area contributed by atoms with Crippen molar-refractivity contribution < 1.29 is 4.79 Å². The van der Waals surface area contributed by atoms with Crippen LogP contribution >= 0.6 is 11.6 Å². The first-order valence-electron chi connectivity index (χ1n) is 6.13. The smallest absolute Gasteiger partial charge is 0.276 e. The van der Waals surface area contributed by atoms with Crippen LogP contribution in [0.4, 0.5) is 5.69 Å². The van der Waals surface area contributed by atoms with Crippen molar-refractivity contribution in [3.05, 3.63) is 58.9 Å². The lowest BCUT2D eigenvalue weighted by Gasteiger charge is -2.20. The van der Waals surface area contributed by atoms with Gasteiger partial charge in [0.2, 0.25) is 0 Å². The van der Waals surface area contributed by atoms with Crippen LogP contribution in [0.1, 0.15) is 23.0 Å². The molecule has 0 spiro atoms. The minimum absolute atomic E-state index is 0.145. The van der Waals surface area contributed by atoms with Gasteiger partial charge in [0.1, 0.15) is 10.8 Å². The third-order valence-electron chi connectivity index (χ3n) is 2.84. The number of hydrogen-bond acceptors (Lipinski definition) is 2. The van der Waals surface area contributed by atoms with E-state index in [1.807, 2.05) is 38.1 Å². The number of amides is 1. The first kappa shape index (κ1) is 13.6. The van der Waals surface area contributed by atoms with E-state index in [9.17, 15) is 4.79 Å². The summed E-state index contributed by atoms with van der Waals surface area (Å²) < 4.78 is 0. The van der Waals surface area contributed by atoms with Crippen LogP contribution in [0.2, 0.25) is 5.15 Å². The molecule has 1 amide bonds. The predicted octanol–water partition coefficient (Wildman–Crippen LogP) is 3.71. The lowest BCUT2D eigenvalue weighted by atomic mass is 10.2. The molecule has 0 unspecified atom stereocenters. The van der Waals surface area contributed by atoms with Gasteiger partial charge in [-0.1, -0.05) is 35.4 Å². The molecule has 0 aliphatic rings. The van der Waals surface area contributed by atoms with E-state index in [4.69, 9.17) is 11.6 Å². The molecule has 4 heteroatoms. The van der Waals surface area contributed by atoms with Crippen LogP contribution in [0.15, 0.2) is 42.5 Å². The summed E-state index contributed by atoms with van der Waals surface area (Å²) in [5, 5.41) is 0.325. The Kier molecular flexibility index (Phi) is 4.17. The van der Waals surface area contributed by atoms with E-state index in [0.29, 0.717) is 17.4 Å². The van der Waals surface area contributed by atoms with Crippen molar-refractivity contribution >= 4 is 23.2 Å². The van der Waals surface area contributed by atoms with Crippen LogP contribution in [0.25, 0.3) is 0 Å². The Morgan fingerprint density at radius 2 is 1.89 bits per heavy atom. The summed E-state index contributed by atoms with van der Waals surface area (Å²) in [6.45, 7) is 4.53.